The second-order valence-corrected chi connectivity index (χ2v) is 5.52. The first-order chi connectivity index (χ1) is 10.1. The van der Waals surface area contributed by atoms with Crippen LogP contribution < -0.4 is 21.9 Å². The zero-order chi connectivity index (χ0) is 15.2. The first-order valence-electron chi connectivity index (χ1n) is 6.44. The maximum atomic E-state index is 11.8. The molecule has 1 aromatic heterocycles. The van der Waals surface area contributed by atoms with E-state index in [0.29, 0.717) is 24.5 Å². The summed E-state index contributed by atoms with van der Waals surface area (Å²) < 4.78 is 0. The standard InChI is InChI=1S/C12H17N5O3S/c13-11(19)8-6-14-3-4-17(8)7-10(18)15-16-12(20)9-2-1-5-21-9/h1-2,5,8,14H,3-4,6-7H2,(H2,13,19)(H,15,18)(H,16,20). The molecule has 0 radical (unpaired) electrons. The van der Waals surface area contributed by atoms with Crippen LogP contribution in [0.15, 0.2) is 17.5 Å². The van der Waals surface area contributed by atoms with Crippen LogP contribution >= 0.6 is 11.3 Å². The third kappa shape index (κ3) is 4.25. The van der Waals surface area contributed by atoms with Crippen molar-refractivity contribution >= 4 is 29.1 Å². The number of hydrogen-bond acceptors (Lipinski definition) is 6. The predicted octanol–water partition coefficient (Wildman–Crippen LogP) is -1.73. The van der Waals surface area contributed by atoms with Crippen molar-refractivity contribution in [2.45, 2.75) is 6.04 Å². The summed E-state index contributed by atoms with van der Waals surface area (Å²) in [6, 6.07) is 2.89. The second kappa shape index (κ2) is 7.16. The van der Waals surface area contributed by atoms with Crippen LogP contribution in [0.2, 0.25) is 0 Å². The third-order valence-corrected chi connectivity index (χ3v) is 3.96. The van der Waals surface area contributed by atoms with E-state index in [-0.39, 0.29) is 12.5 Å². The van der Waals surface area contributed by atoms with Crippen molar-refractivity contribution in [1.82, 2.24) is 21.1 Å². The normalized spacial score (nSPS) is 19.0. The van der Waals surface area contributed by atoms with Gasteiger partial charge in [-0.1, -0.05) is 6.07 Å². The van der Waals surface area contributed by atoms with E-state index in [4.69, 9.17) is 5.73 Å². The average molecular weight is 311 g/mol. The number of amides is 3. The number of hydrazine groups is 1. The van der Waals surface area contributed by atoms with Gasteiger partial charge in [0, 0.05) is 19.6 Å². The largest absolute Gasteiger partial charge is 0.368 e. The number of hydrogen-bond donors (Lipinski definition) is 4. The van der Waals surface area contributed by atoms with Gasteiger partial charge in [-0.3, -0.25) is 30.1 Å². The Morgan fingerprint density at radius 3 is 2.90 bits per heavy atom. The van der Waals surface area contributed by atoms with Crippen molar-refractivity contribution in [3.8, 4) is 0 Å². The van der Waals surface area contributed by atoms with Gasteiger partial charge in [-0.2, -0.15) is 0 Å². The molecule has 8 nitrogen and oxygen atoms in total. The summed E-state index contributed by atoms with van der Waals surface area (Å²) in [4.78, 5) is 37.0. The van der Waals surface area contributed by atoms with Gasteiger partial charge in [-0.05, 0) is 11.4 Å². The van der Waals surface area contributed by atoms with Gasteiger partial charge in [-0.15, -0.1) is 11.3 Å². The molecule has 0 bridgehead atoms. The van der Waals surface area contributed by atoms with Crippen molar-refractivity contribution in [2.24, 2.45) is 5.73 Å². The first kappa shape index (κ1) is 15.4. The van der Waals surface area contributed by atoms with Gasteiger partial charge in [0.1, 0.15) is 6.04 Å². The zero-order valence-electron chi connectivity index (χ0n) is 11.3. The van der Waals surface area contributed by atoms with Gasteiger partial charge in [0.15, 0.2) is 0 Å². The number of nitrogens with two attached hydrogens (primary N) is 1. The minimum Gasteiger partial charge on any atom is -0.368 e. The van der Waals surface area contributed by atoms with Gasteiger partial charge >= 0.3 is 0 Å². The molecule has 2 rings (SSSR count). The third-order valence-electron chi connectivity index (χ3n) is 3.09. The van der Waals surface area contributed by atoms with E-state index in [1.54, 1.807) is 22.4 Å². The second-order valence-electron chi connectivity index (χ2n) is 4.57. The number of thiophene rings is 1. The van der Waals surface area contributed by atoms with Gasteiger partial charge in [0.25, 0.3) is 11.8 Å². The van der Waals surface area contributed by atoms with E-state index in [0.717, 1.165) is 0 Å². The highest BCUT2D eigenvalue weighted by Crippen LogP contribution is 2.07. The van der Waals surface area contributed by atoms with Crippen LogP contribution in [0.5, 0.6) is 0 Å². The molecule has 2 heterocycles. The molecule has 1 fully saturated rings. The molecule has 5 N–H and O–H groups in total. The highest BCUT2D eigenvalue weighted by molar-refractivity contribution is 7.12. The van der Waals surface area contributed by atoms with Crippen LogP contribution in [-0.2, 0) is 9.59 Å². The summed E-state index contributed by atoms with van der Waals surface area (Å²) in [5.74, 6) is -1.24. The Balaban J connectivity index is 1.81. The van der Waals surface area contributed by atoms with Crippen LogP contribution in [0.1, 0.15) is 9.67 Å². The van der Waals surface area contributed by atoms with Crippen molar-refractivity contribution in [3.05, 3.63) is 22.4 Å². The van der Waals surface area contributed by atoms with Crippen molar-refractivity contribution in [2.75, 3.05) is 26.2 Å². The fourth-order valence-electron chi connectivity index (χ4n) is 2.04. The van der Waals surface area contributed by atoms with Crippen molar-refractivity contribution in [1.29, 1.82) is 0 Å². The first-order valence-corrected chi connectivity index (χ1v) is 7.32. The lowest BCUT2D eigenvalue weighted by Gasteiger charge is -2.33. The molecule has 0 saturated carbocycles. The molecule has 1 aliphatic rings. The summed E-state index contributed by atoms with van der Waals surface area (Å²) in [6.45, 7) is 1.64. The fourth-order valence-corrected chi connectivity index (χ4v) is 2.65. The Morgan fingerprint density at radius 1 is 1.43 bits per heavy atom. The summed E-state index contributed by atoms with van der Waals surface area (Å²) >= 11 is 1.28. The quantitative estimate of drug-likeness (QED) is 0.493. The minimum absolute atomic E-state index is 0.00000709. The summed E-state index contributed by atoms with van der Waals surface area (Å²) in [5.41, 5.74) is 9.96. The Kier molecular flexibility index (Phi) is 5.26. The number of carbonyl (C=O) groups excluding carboxylic acids is 3. The molecule has 1 unspecified atom stereocenters. The number of carbonyl (C=O) groups is 3. The van der Waals surface area contributed by atoms with Crippen molar-refractivity contribution in [3.63, 3.8) is 0 Å². The number of nitrogens with one attached hydrogen (secondary N) is 3. The molecule has 1 aromatic rings. The highest BCUT2D eigenvalue weighted by atomic mass is 32.1. The molecule has 9 heteroatoms. The molecule has 1 saturated heterocycles. The topological polar surface area (TPSA) is 117 Å². The van der Waals surface area contributed by atoms with Gasteiger partial charge in [0.05, 0.1) is 11.4 Å². The van der Waals surface area contributed by atoms with Crippen LogP contribution in [0.25, 0.3) is 0 Å². The molecule has 0 spiro atoms. The maximum Gasteiger partial charge on any atom is 0.279 e. The van der Waals surface area contributed by atoms with Gasteiger partial charge in [0.2, 0.25) is 5.91 Å². The zero-order valence-corrected chi connectivity index (χ0v) is 12.1. The molecule has 1 atom stereocenters. The number of primary amides is 1. The van der Waals surface area contributed by atoms with Crippen LogP contribution in [0, 0.1) is 0 Å². The molecule has 1 aliphatic heterocycles. The Hall–Kier alpha value is -1.97. The molecule has 3 amide bonds. The lowest BCUT2D eigenvalue weighted by molar-refractivity contribution is -0.127. The lowest BCUT2D eigenvalue weighted by atomic mass is 10.2. The van der Waals surface area contributed by atoms with E-state index in [9.17, 15) is 14.4 Å². The smallest absolute Gasteiger partial charge is 0.279 e. The minimum atomic E-state index is -0.516. The summed E-state index contributed by atoms with van der Waals surface area (Å²) in [7, 11) is 0. The van der Waals surface area contributed by atoms with Gasteiger partial charge < -0.3 is 11.1 Å². The molecule has 0 aliphatic carbocycles. The van der Waals surface area contributed by atoms with Crippen LogP contribution in [-0.4, -0.2) is 54.8 Å². The van der Waals surface area contributed by atoms with E-state index in [2.05, 4.69) is 16.2 Å². The van der Waals surface area contributed by atoms with Crippen molar-refractivity contribution < 1.29 is 14.4 Å². The van der Waals surface area contributed by atoms with Crippen LogP contribution in [0.3, 0.4) is 0 Å². The Bertz CT molecular complexity index is 519. The Morgan fingerprint density at radius 2 is 2.24 bits per heavy atom. The lowest BCUT2D eigenvalue weighted by Crippen LogP contribution is -2.59. The fraction of sp³-hybridized carbons (Fsp3) is 0.417. The number of rotatable bonds is 4. The van der Waals surface area contributed by atoms with Gasteiger partial charge in [-0.25, -0.2) is 0 Å². The highest BCUT2D eigenvalue weighted by Gasteiger charge is 2.28. The molecule has 114 valence electrons. The number of piperazine rings is 1. The molecule has 0 aromatic carbocycles. The van der Waals surface area contributed by atoms with E-state index >= 15 is 0 Å². The number of nitrogens with zero attached hydrogens (tertiary/aromatic N) is 1. The predicted molar refractivity (Wildman–Crippen MR) is 77.4 cm³/mol. The SMILES string of the molecule is NC(=O)C1CNCCN1CC(=O)NNC(=O)c1cccs1. The van der Waals surface area contributed by atoms with Crippen LogP contribution in [0.4, 0.5) is 0 Å². The average Bonchev–Trinajstić information content (AvgIpc) is 2.99. The summed E-state index contributed by atoms with van der Waals surface area (Å²) in [6.07, 6.45) is 0. The molecular weight excluding hydrogens is 294 g/mol. The van der Waals surface area contributed by atoms with E-state index in [1.807, 2.05) is 0 Å². The van der Waals surface area contributed by atoms with E-state index in [1.165, 1.54) is 11.3 Å². The molecule has 21 heavy (non-hydrogen) atoms. The monoisotopic (exact) mass is 311 g/mol. The molecular formula is C12H17N5O3S. The maximum absolute atomic E-state index is 11.8. The summed E-state index contributed by atoms with van der Waals surface area (Å²) in [5, 5.41) is 4.82. The Labute approximate surface area is 125 Å². The van der Waals surface area contributed by atoms with E-state index < -0.39 is 17.9 Å².